The fourth-order valence-corrected chi connectivity index (χ4v) is 3.40. The van der Waals surface area contributed by atoms with E-state index in [0.717, 1.165) is 21.3 Å². The Morgan fingerprint density at radius 1 is 1.15 bits per heavy atom. The molecule has 26 heavy (non-hydrogen) atoms. The number of aromatic nitrogens is 1. The van der Waals surface area contributed by atoms with Crippen molar-refractivity contribution < 1.29 is 9.59 Å². The Kier molecular flexibility index (Phi) is 5.80. The van der Waals surface area contributed by atoms with Gasteiger partial charge >= 0.3 is 0 Å². The Balaban J connectivity index is 1.67. The first-order chi connectivity index (χ1) is 12.5. The molecule has 5 nitrogen and oxygen atoms in total. The van der Waals surface area contributed by atoms with Crippen LogP contribution in [0, 0.1) is 0 Å². The molecule has 0 aliphatic carbocycles. The molecule has 0 spiro atoms. The molecule has 0 aliphatic rings. The van der Waals surface area contributed by atoms with Crippen molar-refractivity contribution in [2.24, 2.45) is 0 Å². The van der Waals surface area contributed by atoms with Crippen LogP contribution in [-0.4, -0.2) is 16.8 Å². The molecule has 1 aromatic heterocycles. The number of benzene rings is 2. The number of carbonyl (C=O) groups excluding carboxylic acids is 2. The van der Waals surface area contributed by atoms with Crippen LogP contribution in [0.25, 0.3) is 11.3 Å². The van der Waals surface area contributed by atoms with Crippen molar-refractivity contribution in [3.05, 3.63) is 69.5 Å². The second-order valence-electron chi connectivity index (χ2n) is 5.61. The molecule has 0 bridgehead atoms. The SMILES string of the molecule is CC(=O)NCc1ccc(-c2csc(NC(=O)c3cccc(Br)c3)n2)cc1. The highest BCUT2D eigenvalue weighted by Crippen LogP contribution is 2.25. The first-order valence-electron chi connectivity index (χ1n) is 7.87. The standard InChI is InChI=1S/C19H16BrN3O2S/c1-12(24)21-10-13-5-7-14(8-6-13)17-11-26-19(22-17)23-18(25)15-3-2-4-16(20)9-15/h2-9,11H,10H2,1H3,(H,21,24)(H,22,23,25). The molecule has 1 heterocycles. The number of thiazole rings is 1. The van der Waals surface area contributed by atoms with Gasteiger partial charge in [-0.05, 0) is 23.8 Å². The molecular formula is C19H16BrN3O2S. The largest absolute Gasteiger partial charge is 0.352 e. The Bertz CT molecular complexity index is 938. The van der Waals surface area contributed by atoms with Gasteiger partial charge in [-0.25, -0.2) is 4.98 Å². The molecule has 0 atom stereocenters. The average Bonchev–Trinajstić information content (AvgIpc) is 3.09. The summed E-state index contributed by atoms with van der Waals surface area (Å²) in [6.45, 7) is 1.99. The first-order valence-corrected chi connectivity index (χ1v) is 9.55. The minimum absolute atomic E-state index is 0.0561. The van der Waals surface area contributed by atoms with Crippen molar-refractivity contribution in [2.45, 2.75) is 13.5 Å². The smallest absolute Gasteiger partial charge is 0.257 e. The Morgan fingerprint density at radius 2 is 1.92 bits per heavy atom. The molecule has 0 saturated heterocycles. The van der Waals surface area contributed by atoms with E-state index in [1.165, 1.54) is 18.3 Å². The molecule has 0 aliphatic heterocycles. The maximum absolute atomic E-state index is 12.3. The lowest BCUT2D eigenvalue weighted by Crippen LogP contribution is -2.18. The van der Waals surface area contributed by atoms with Gasteiger partial charge in [-0.1, -0.05) is 46.3 Å². The summed E-state index contributed by atoms with van der Waals surface area (Å²) in [6.07, 6.45) is 0. The van der Waals surface area contributed by atoms with Crippen molar-refractivity contribution in [1.82, 2.24) is 10.3 Å². The zero-order valence-corrected chi connectivity index (χ0v) is 16.4. The van der Waals surface area contributed by atoms with E-state index in [2.05, 4.69) is 31.5 Å². The number of nitrogens with zero attached hydrogens (tertiary/aromatic N) is 1. The lowest BCUT2D eigenvalue weighted by atomic mass is 10.1. The van der Waals surface area contributed by atoms with Gasteiger partial charge in [0.25, 0.3) is 5.91 Å². The zero-order chi connectivity index (χ0) is 18.5. The molecule has 7 heteroatoms. The van der Waals surface area contributed by atoms with Gasteiger partial charge < -0.3 is 5.32 Å². The fourth-order valence-electron chi connectivity index (χ4n) is 2.28. The molecule has 0 fully saturated rings. The van der Waals surface area contributed by atoms with Gasteiger partial charge in [0.15, 0.2) is 5.13 Å². The highest BCUT2D eigenvalue weighted by atomic mass is 79.9. The summed E-state index contributed by atoms with van der Waals surface area (Å²) in [7, 11) is 0. The molecule has 3 rings (SSSR count). The summed E-state index contributed by atoms with van der Waals surface area (Å²) in [5.74, 6) is -0.253. The predicted molar refractivity (Wildman–Crippen MR) is 107 cm³/mol. The van der Waals surface area contributed by atoms with E-state index in [-0.39, 0.29) is 11.8 Å². The number of hydrogen-bond acceptors (Lipinski definition) is 4. The van der Waals surface area contributed by atoms with E-state index in [1.807, 2.05) is 41.8 Å². The van der Waals surface area contributed by atoms with E-state index in [1.54, 1.807) is 12.1 Å². The Hall–Kier alpha value is -2.51. The van der Waals surface area contributed by atoms with Crippen molar-refractivity contribution in [1.29, 1.82) is 0 Å². The molecular weight excluding hydrogens is 414 g/mol. The number of amides is 2. The van der Waals surface area contributed by atoms with Crippen LogP contribution in [0.3, 0.4) is 0 Å². The van der Waals surface area contributed by atoms with Crippen molar-refractivity contribution >= 4 is 44.2 Å². The number of anilines is 1. The molecule has 0 saturated carbocycles. The summed E-state index contributed by atoms with van der Waals surface area (Å²) in [6, 6.07) is 15.0. The lowest BCUT2D eigenvalue weighted by Gasteiger charge is -2.04. The van der Waals surface area contributed by atoms with Crippen LogP contribution in [0.15, 0.2) is 58.4 Å². The second-order valence-corrected chi connectivity index (χ2v) is 7.38. The summed E-state index contributed by atoms with van der Waals surface area (Å²) >= 11 is 4.74. The Morgan fingerprint density at radius 3 is 2.62 bits per heavy atom. The van der Waals surface area contributed by atoms with Gasteiger partial charge in [0.1, 0.15) is 0 Å². The minimum Gasteiger partial charge on any atom is -0.352 e. The molecule has 3 aromatic rings. The summed E-state index contributed by atoms with van der Waals surface area (Å²) in [5.41, 5.74) is 3.34. The Labute approximate surface area is 163 Å². The van der Waals surface area contributed by atoms with Crippen molar-refractivity contribution in [3.63, 3.8) is 0 Å². The van der Waals surface area contributed by atoms with E-state index in [0.29, 0.717) is 17.2 Å². The maximum Gasteiger partial charge on any atom is 0.257 e. The molecule has 2 amide bonds. The topological polar surface area (TPSA) is 71.1 Å². The van der Waals surface area contributed by atoms with Gasteiger partial charge in [-0.2, -0.15) is 0 Å². The van der Waals surface area contributed by atoms with E-state index < -0.39 is 0 Å². The van der Waals surface area contributed by atoms with Gasteiger partial charge in [-0.3, -0.25) is 14.9 Å². The summed E-state index contributed by atoms with van der Waals surface area (Å²) < 4.78 is 0.851. The molecule has 0 radical (unpaired) electrons. The minimum atomic E-state index is -0.196. The van der Waals surface area contributed by atoms with Gasteiger partial charge in [0.05, 0.1) is 5.69 Å². The van der Waals surface area contributed by atoms with Crippen LogP contribution in [0.4, 0.5) is 5.13 Å². The van der Waals surface area contributed by atoms with Crippen LogP contribution in [0.1, 0.15) is 22.8 Å². The van der Waals surface area contributed by atoms with Crippen molar-refractivity contribution in [2.75, 3.05) is 5.32 Å². The lowest BCUT2D eigenvalue weighted by molar-refractivity contribution is -0.119. The number of hydrogen-bond donors (Lipinski definition) is 2. The van der Waals surface area contributed by atoms with Crippen LogP contribution < -0.4 is 10.6 Å². The highest BCUT2D eigenvalue weighted by Gasteiger charge is 2.10. The van der Waals surface area contributed by atoms with E-state index >= 15 is 0 Å². The monoisotopic (exact) mass is 429 g/mol. The average molecular weight is 430 g/mol. The highest BCUT2D eigenvalue weighted by molar-refractivity contribution is 9.10. The van der Waals surface area contributed by atoms with E-state index in [4.69, 9.17) is 0 Å². The predicted octanol–water partition coefficient (Wildman–Crippen LogP) is 4.46. The van der Waals surface area contributed by atoms with Gasteiger partial charge in [0, 0.05) is 34.4 Å². The quantitative estimate of drug-likeness (QED) is 0.628. The normalized spacial score (nSPS) is 10.4. The first kappa shape index (κ1) is 18.3. The number of halogens is 1. The van der Waals surface area contributed by atoms with Crippen LogP contribution in [-0.2, 0) is 11.3 Å². The second kappa shape index (κ2) is 8.25. The van der Waals surface area contributed by atoms with Crippen molar-refractivity contribution in [3.8, 4) is 11.3 Å². The van der Waals surface area contributed by atoms with Crippen LogP contribution >= 0.6 is 27.3 Å². The maximum atomic E-state index is 12.3. The number of rotatable bonds is 5. The van der Waals surface area contributed by atoms with Crippen LogP contribution in [0.5, 0.6) is 0 Å². The third-order valence-electron chi connectivity index (χ3n) is 3.60. The third-order valence-corrected chi connectivity index (χ3v) is 4.85. The molecule has 2 aromatic carbocycles. The van der Waals surface area contributed by atoms with Gasteiger partial charge in [-0.15, -0.1) is 11.3 Å². The molecule has 132 valence electrons. The number of carbonyl (C=O) groups is 2. The van der Waals surface area contributed by atoms with Gasteiger partial charge in [0.2, 0.25) is 5.91 Å². The zero-order valence-electron chi connectivity index (χ0n) is 14.0. The molecule has 2 N–H and O–H groups in total. The van der Waals surface area contributed by atoms with E-state index in [9.17, 15) is 9.59 Å². The fraction of sp³-hybridized carbons (Fsp3) is 0.105. The summed E-state index contributed by atoms with van der Waals surface area (Å²) in [4.78, 5) is 27.7. The molecule has 0 unspecified atom stereocenters. The summed E-state index contributed by atoms with van der Waals surface area (Å²) in [5, 5.41) is 8.03. The number of nitrogens with one attached hydrogen (secondary N) is 2. The third kappa shape index (κ3) is 4.77. The van der Waals surface area contributed by atoms with Crippen LogP contribution in [0.2, 0.25) is 0 Å².